The fourth-order valence-corrected chi connectivity index (χ4v) is 1.42. The minimum atomic E-state index is 0.0694. The zero-order chi connectivity index (χ0) is 8.27. The van der Waals surface area contributed by atoms with Gasteiger partial charge in [0, 0.05) is 6.04 Å². The zero-order valence-electron chi connectivity index (χ0n) is 6.95. The van der Waals surface area contributed by atoms with Crippen LogP contribution in [0.2, 0.25) is 0 Å². The van der Waals surface area contributed by atoms with Crippen LogP contribution in [0.25, 0.3) is 0 Å². The molecule has 0 radical (unpaired) electrons. The van der Waals surface area contributed by atoms with Gasteiger partial charge in [0.15, 0.2) is 0 Å². The molecule has 1 heterocycles. The van der Waals surface area contributed by atoms with Crippen LogP contribution in [0, 0.1) is 17.2 Å². The third kappa shape index (κ3) is 2.18. The first kappa shape index (κ1) is 8.51. The Bertz CT molecular complexity index is 161. The SMILES string of the molecule is CN1CC[C@@H](N)[C@@H](C#N)CC1. The van der Waals surface area contributed by atoms with Gasteiger partial charge in [-0.3, -0.25) is 0 Å². The second-order valence-electron chi connectivity index (χ2n) is 3.28. The molecule has 1 aliphatic rings. The van der Waals surface area contributed by atoms with Crippen LogP contribution in [0.5, 0.6) is 0 Å². The minimum Gasteiger partial charge on any atom is -0.326 e. The van der Waals surface area contributed by atoms with E-state index in [1.807, 2.05) is 0 Å². The highest BCUT2D eigenvalue weighted by atomic mass is 15.1. The van der Waals surface area contributed by atoms with E-state index in [4.69, 9.17) is 11.0 Å². The molecule has 0 amide bonds. The van der Waals surface area contributed by atoms with E-state index in [0.717, 1.165) is 25.9 Å². The first-order valence-corrected chi connectivity index (χ1v) is 4.08. The van der Waals surface area contributed by atoms with E-state index < -0.39 is 0 Å². The molecule has 1 rings (SSSR count). The average molecular weight is 153 g/mol. The number of nitrogens with two attached hydrogens (primary N) is 1. The Hall–Kier alpha value is -0.590. The number of nitriles is 1. The van der Waals surface area contributed by atoms with E-state index in [-0.39, 0.29) is 12.0 Å². The summed E-state index contributed by atoms with van der Waals surface area (Å²) in [5, 5.41) is 8.72. The third-order valence-electron chi connectivity index (χ3n) is 2.35. The van der Waals surface area contributed by atoms with Crippen LogP contribution in [0.15, 0.2) is 0 Å². The Labute approximate surface area is 67.8 Å². The van der Waals surface area contributed by atoms with Crippen molar-refractivity contribution < 1.29 is 0 Å². The van der Waals surface area contributed by atoms with Crippen molar-refractivity contribution in [1.29, 1.82) is 5.26 Å². The molecule has 62 valence electrons. The standard InChI is InChI=1S/C8H15N3/c1-11-4-2-7(6-9)8(10)3-5-11/h7-8H,2-5,10H2,1H3/t7-,8-/m1/s1. The summed E-state index contributed by atoms with van der Waals surface area (Å²) in [5.41, 5.74) is 5.80. The molecule has 0 saturated carbocycles. The van der Waals surface area contributed by atoms with Crippen molar-refractivity contribution in [2.45, 2.75) is 18.9 Å². The van der Waals surface area contributed by atoms with Crippen molar-refractivity contribution in [2.24, 2.45) is 11.7 Å². The molecule has 0 aromatic rings. The summed E-state index contributed by atoms with van der Waals surface area (Å²) >= 11 is 0. The molecule has 0 aromatic carbocycles. The Morgan fingerprint density at radius 1 is 1.45 bits per heavy atom. The van der Waals surface area contributed by atoms with Crippen molar-refractivity contribution in [3.63, 3.8) is 0 Å². The molecule has 3 heteroatoms. The van der Waals surface area contributed by atoms with Gasteiger partial charge in [-0.2, -0.15) is 5.26 Å². The highest BCUT2D eigenvalue weighted by Gasteiger charge is 2.21. The first-order valence-electron chi connectivity index (χ1n) is 4.08. The molecule has 0 aromatic heterocycles. The van der Waals surface area contributed by atoms with Crippen molar-refractivity contribution in [2.75, 3.05) is 20.1 Å². The molecule has 0 bridgehead atoms. The summed E-state index contributed by atoms with van der Waals surface area (Å²) in [4.78, 5) is 2.23. The van der Waals surface area contributed by atoms with Gasteiger partial charge in [-0.25, -0.2) is 0 Å². The van der Waals surface area contributed by atoms with Crippen LogP contribution in [-0.2, 0) is 0 Å². The Morgan fingerprint density at radius 2 is 2.09 bits per heavy atom. The van der Waals surface area contributed by atoms with Gasteiger partial charge in [-0.1, -0.05) is 0 Å². The number of nitrogens with zero attached hydrogens (tertiary/aromatic N) is 2. The summed E-state index contributed by atoms with van der Waals surface area (Å²) in [7, 11) is 2.08. The van der Waals surface area contributed by atoms with E-state index in [2.05, 4.69) is 18.0 Å². The molecular formula is C8H15N3. The van der Waals surface area contributed by atoms with Crippen LogP contribution in [0.3, 0.4) is 0 Å². The van der Waals surface area contributed by atoms with Crippen molar-refractivity contribution >= 4 is 0 Å². The van der Waals surface area contributed by atoms with Gasteiger partial charge in [0.1, 0.15) is 0 Å². The van der Waals surface area contributed by atoms with Gasteiger partial charge < -0.3 is 10.6 Å². The molecule has 11 heavy (non-hydrogen) atoms. The maximum atomic E-state index is 8.72. The predicted molar refractivity (Wildman–Crippen MR) is 43.8 cm³/mol. The summed E-state index contributed by atoms with van der Waals surface area (Å²) < 4.78 is 0. The fourth-order valence-electron chi connectivity index (χ4n) is 1.42. The quantitative estimate of drug-likeness (QED) is 0.540. The highest BCUT2D eigenvalue weighted by Crippen LogP contribution is 2.14. The summed E-state index contributed by atoms with van der Waals surface area (Å²) in [6.45, 7) is 2.03. The van der Waals surface area contributed by atoms with E-state index in [1.165, 1.54) is 0 Å². The maximum absolute atomic E-state index is 8.72. The van der Waals surface area contributed by atoms with Crippen molar-refractivity contribution in [3.8, 4) is 6.07 Å². The predicted octanol–water partition coefficient (Wildman–Crippen LogP) is 0.179. The lowest BCUT2D eigenvalue weighted by Gasteiger charge is -2.11. The van der Waals surface area contributed by atoms with Crippen LogP contribution in [0.1, 0.15) is 12.8 Å². The lowest BCUT2D eigenvalue weighted by atomic mass is 9.98. The second kappa shape index (κ2) is 3.70. The Kier molecular flexibility index (Phi) is 2.86. The summed E-state index contributed by atoms with van der Waals surface area (Å²) in [6, 6.07) is 2.35. The van der Waals surface area contributed by atoms with E-state index in [1.54, 1.807) is 0 Å². The molecule has 2 atom stereocenters. The third-order valence-corrected chi connectivity index (χ3v) is 2.35. The summed E-state index contributed by atoms with van der Waals surface area (Å²) in [6.07, 6.45) is 1.88. The molecule has 1 aliphatic heterocycles. The second-order valence-corrected chi connectivity index (χ2v) is 3.28. The van der Waals surface area contributed by atoms with Gasteiger partial charge in [0.05, 0.1) is 12.0 Å². The molecule has 1 fully saturated rings. The Morgan fingerprint density at radius 3 is 2.73 bits per heavy atom. The molecule has 1 saturated heterocycles. The van der Waals surface area contributed by atoms with Gasteiger partial charge in [-0.05, 0) is 33.0 Å². The molecular weight excluding hydrogens is 138 g/mol. The maximum Gasteiger partial charge on any atom is 0.0672 e. The largest absolute Gasteiger partial charge is 0.326 e. The highest BCUT2D eigenvalue weighted by molar-refractivity contribution is 4.92. The number of likely N-dealkylation sites (tertiary alicyclic amines) is 1. The number of hydrogen-bond donors (Lipinski definition) is 1. The molecule has 0 unspecified atom stereocenters. The zero-order valence-corrected chi connectivity index (χ0v) is 6.95. The van der Waals surface area contributed by atoms with Gasteiger partial charge in [0.25, 0.3) is 0 Å². The average Bonchev–Trinajstić information content (AvgIpc) is 2.15. The van der Waals surface area contributed by atoms with Gasteiger partial charge in [0.2, 0.25) is 0 Å². The number of rotatable bonds is 0. The van der Waals surface area contributed by atoms with Crippen LogP contribution in [0.4, 0.5) is 0 Å². The fraction of sp³-hybridized carbons (Fsp3) is 0.875. The number of hydrogen-bond acceptors (Lipinski definition) is 3. The van der Waals surface area contributed by atoms with Crippen LogP contribution >= 0.6 is 0 Å². The topological polar surface area (TPSA) is 53.0 Å². The smallest absolute Gasteiger partial charge is 0.0672 e. The normalized spacial score (nSPS) is 34.3. The van der Waals surface area contributed by atoms with Crippen molar-refractivity contribution in [3.05, 3.63) is 0 Å². The Balaban J connectivity index is 2.50. The first-order chi connectivity index (χ1) is 5.24. The van der Waals surface area contributed by atoms with E-state index >= 15 is 0 Å². The van der Waals surface area contributed by atoms with Gasteiger partial charge >= 0.3 is 0 Å². The lowest BCUT2D eigenvalue weighted by Crippen LogP contribution is -2.29. The molecule has 0 spiro atoms. The molecule has 0 aliphatic carbocycles. The van der Waals surface area contributed by atoms with Crippen LogP contribution < -0.4 is 5.73 Å². The lowest BCUT2D eigenvalue weighted by molar-refractivity contribution is 0.346. The van der Waals surface area contributed by atoms with E-state index in [0.29, 0.717) is 0 Å². The van der Waals surface area contributed by atoms with Crippen molar-refractivity contribution in [1.82, 2.24) is 4.90 Å². The molecule has 3 nitrogen and oxygen atoms in total. The summed E-state index contributed by atoms with van der Waals surface area (Å²) in [5.74, 6) is 0.0694. The van der Waals surface area contributed by atoms with Gasteiger partial charge in [-0.15, -0.1) is 0 Å². The minimum absolute atomic E-state index is 0.0694. The van der Waals surface area contributed by atoms with Crippen LogP contribution in [-0.4, -0.2) is 31.1 Å². The monoisotopic (exact) mass is 153 g/mol. The molecule has 2 N–H and O–H groups in total. The van der Waals surface area contributed by atoms with E-state index in [9.17, 15) is 0 Å².